The highest BCUT2D eigenvalue weighted by atomic mass is 15.5. The van der Waals surface area contributed by atoms with Gasteiger partial charge in [0.1, 0.15) is 0 Å². The predicted octanol–water partition coefficient (Wildman–Crippen LogP) is -0.264. The van der Waals surface area contributed by atoms with E-state index in [4.69, 9.17) is 5.26 Å². The van der Waals surface area contributed by atoms with Gasteiger partial charge in [-0.1, -0.05) is 0 Å². The van der Waals surface area contributed by atoms with Crippen molar-refractivity contribution in [3.63, 3.8) is 0 Å². The molecule has 1 aromatic heterocycles. The lowest BCUT2D eigenvalue weighted by Crippen LogP contribution is -1.72. The summed E-state index contributed by atoms with van der Waals surface area (Å²) in [7, 11) is 0. The minimum Gasteiger partial charge on any atom is -0.239 e. The van der Waals surface area contributed by atoms with Gasteiger partial charge in [0.25, 0.3) is 0 Å². The molecule has 0 saturated heterocycles. The molecule has 0 aliphatic carbocycles. The minimum absolute atomic E-state index is 0.483. The van der Waals surface area contributed by atoms with Crippen LogP contribution < -0.4 is 0 Å². The van der Waals surface area contributed by atoms with Crippen LogP contribution in [0.25, 0.3) is 6.08 Å². The number of tetrazole rings is 1. The number of rotatable bonds is 1. The molecule has 0 atom stereocenters. The van der Waals surface area contributed by atoms with E-state index in [9.17, 15) is 0 Å². The lowest BCUT2D eigenvalue weighted by molar-refractivity contribution is 0.881. The van der Waals surface area contributed by atoms with Crippen LogP contribution in [-0.4, -0.2) is 20.6 Å². The highest BCUT2D eigenvalue weighted by Crippen LogP contribution is 1.84. The monoisotopic (exact) mass is 121 g/mol. The molecule has 9 heavy (non-hydrogen) atoms. The summed E-state index contributed by atoms with van der Waals surface area (Å²) in [4.78, 5) is 0. The minimum atomic E-state index is 0.483. The zero-order valence-corrected chi connectivity index (χ0v) is 4.44. The second kappa shape index (κ2) is 2.57. The summed E-state index contributed by atoms with van der Waals surface area (Å²) in [6.45, 7) is 0. The van der Waals surface area contributed by atoms with Crippen molar-refractivity contribution < 1.29 is 0 Å². The summed E-state index contributed by atoms with van der Waals surface area (Å²) in [6, 6.07) is 1.81. The molecule has 0 radical (unpaired) electrons. The number of nitriles is 1. The van der Waals surface area contributed by atoms with E-state index in [-0.39, 0.29) is 0 Å². The predicted molar refractivity (Wildman–Crippen MR) is 28.8 cm³/mol. The van der Waals surface area contributed by atoms with E-state index in [2.05, 4.69) is 20.6 Å². The molecule has 5 heteroatoms. The number of nitrogens with one attached hydrogen (secondary N) is 1. The SMILES string of the molecule is N#CC=Cc1nnn[nH]1. The van der Waals surface area contributed by atoms with Crippen molar-refractivity contribution in [2.24, 2.45) is 0 Å². The zero-order valence-electron chi connectivity index (χ0n) is 4.44. The Morgan fingerprint density at radius 3 is 3.11 bits per heavy atom. The normalized spacial score (nSPS) is 9.67. The Labute approximate surface area is 51.0 Å². The maximum Gasteiger partial charge on any atom is 0.172 e. The maximum atomic E-state index is 8.05. The van der Waals surface area contributed by atoms with Crippen LogP contribution >= 0.6 is 0 Å². The molecule has 5 nitrogen and oxygen atoms in total. The largest absolute Gasteiger partial charge is 0.239 e. The number of H-pyrrole nitrogens is 1. The van der Waals surface area contributed by atoms with Gasteiger partial charge in [-0.3, -0.25) is 0 Å². The van der Waals surface area contributed by atoms with Crippen LogP contribution in [0.1, 0.15) is 5.82 Å². The Morgan fingerprint density at radius 2 is 2.56 bits per heavy atom. The van der Waals surface area contributed by atoms with Crippen molar-refractivity contribution in [1.82, 2.24) is 20.6 Å². The first-order chi connectivity index (χ1) is 4.43. The summed E-state index contributed by atoms with van der Waals surface area (Å²) in [5.74, 6) is 0.483. The fourth-order valence-electron chi connectivity index (χ4n) is 0.353. The van der Waals surface area contributed by atoms with Gasteiger partial charge in [-0.2, -0.15) is 5.26 Å². The zero-order chi connectivity index (χ0) is 6.53. The van der Waals surface area contributed by atoms with Crippen LogP contribution in [-0.2, 0) is 0 Å². The van der Waals surface area contributed by atoms with Crippen molar-refractivity contribution in [2.45, 2.75) is 0 Å². The topological polar surface area (TPSA) is 78.2 Å². The van der Waals surface area contributed by atoms with E-state index < -0.39 is 0 Å². The Kier molecular flexibility index (Phi) is 1.55. The third kappa shape index (κ3) is 1.35. The van der Waals surface area contributed by atoms with E-state index in [0.29, 0.717) is 5.82 Å². The fraction of sp³-hybridized carbons (Fsp3) is 0. The van der Waals surface area contributed by atoms with Crippen LogP contribution in [0.5, 0.6) is 0 Å². The molecule has 0 aromatic carbocycles. The molecule has 0 spiro atoms. The number of aromatic nitrogens is 4. The van der Waals surface area contributed by atoms with Gasteiger partial charge in [0, 0.05) is 6.08 Å². The molecule has 1 heterocycles. The van der Waals surface area contributed by atoms with E-state index in [1.54, 1.807) is 0 Å². The van der Waals surface area contributed by atoms with Gasteiger partial charge in [0.15, 0.2) is 5.82 Å². The van der Waals surface area contributed by atoms with Crippen molar-refractivity contribution >= 4 is 6.08 Å². The molecule has 44 valence electrons. The average Bonchev–Trinajstić information content (AvgIpc) is 2.34. The highest BCUT2D eigenvalue weighted by molar-refractivity contribution is 5.41. The van der Waals surface area contributed by atoms with Crippen LogP contribution in [0.4, 0.5) is 0 Å². The van der Waals surface area contributed by atoms with E-state index in [0.717, 1.165) is 0 Å². The molecule has 1 N–H and O–H groups in total. The second-order valence-electron chi connectivity index (χ2n) is 1.25. The highest BCUT2D eigenvalue weighted by Gasteiger charge is 1.84. The maximum absolute atomic E-state index is 8.05. The number of allylic oxidation sites excluding steroid dienone is 1. The van der Waals surface area contributed by atoms with E-state index in [1.165, 1.54) is 12.2 Å². The molecule has 0 unspecified atom stereocenters. The molecule has 0 aliphatic heterocycles. The summed E-state index contributed by atoms with van der Waals surface area (Å²) < 4.78 is 0. The number of hydrogen-bond donors (Lipinski definition) is 1. The lowest BCUT2D eigenvalue weighted by atomic mass is 10.5. The third-order valence-electron chi connectivity index (χ3n) is 0.677. The van der Waals surface area contributed by atoms with Crippen LogP contribution in [0, 0.1) is 11.3 Å². The molecule has 1 rings (SSSR count). The third-order valence-corrected chi connectivity index (χ3v) is 0.677. The summed E-state index contributed by atoms with van der Waals surface area (Å²) >= 11 is 0. The molecule has 0 fully saturated rings. The molecule has 0 aliphatic rings. The summed E-state index contributed by atoms with van der Waals surface area (Å²) in [6.07, 6.45) is 2.78. The van der Waals surface area contributed by atoms with E-state index in [1.807, 2.05) is 6.07 Å². The number of hydrogen-bond acceptors (Lipinski definition) is 4. The first-order valence-electron chi connectivity index (χ1n) is 2.23. The van der Waals surface area contributed by atoms with Gasteiger partial charge in [0.05, 0.1) is 6.07 Å². The van der Waals surface area contributed by atoms with Gasteiger partial charge in [-0.15, -0.1) is 5.10 Å². The van der Waals surface area contributed by atoms with Crippen molar-refractivity contribution in [2.75, 3.05) is 0 Å². The first-order valence-corrected chi connectivity index (χ1v) is 2.23. The average molecular weight is 121 g/mol. The van der Waals surface area contributed by atoms with Gasteiger partial charge in [0.2, 0.25) is 0 Å². The Morgan fingerprint density at radius 1 is 1.67 bits per heavy atom. The Bertz CT molecular complexity index is 228. The van der Waals surface area contributed by atoms with E-state index >= 15 is 0 Å². The van der Waals surface area contributed by atoms with Crippen LogP contribution in [0.2, 0.25) is 0 Å². The molecule has 0 amide bonds. The molecular formula is C4H3N5. The standard InChI is InChI=1S/C4H3N5/c5-3-1-2-4-6-8-9-7-4/h1-2H,(H,6,7,8,9). The lowest BCUT2D eigenvalue weighted by Gasteiger charge is -1.70. The molecule has 1 aromatic rings. The smallest absolute Gasteiger partial charge is 0.172 e. The first kappa shape index (κ1) is 5.44. The Balaban J connectivity index is 2.71. The summed E-state index contributed by atoms with van der Waals surface area (Å²) in [5, 5.41) is 20.6. The summed E-state index contributed by atoms with van der Waals surface area (Å²) in [5.41, 5.74) is 0. The van der Waals surface area contributed by atoms with Gasteiger partial charge < -0.3 is 0 Å². The number of nitrogens with zero attached hydrogens (tertiary/aromatic N) is 4. The molecule has 0 saturated carbocycles. The molecule has 0 bridgehead atoms. The second-order valence-corrected chi connectivity index (χ2v) is 1.25. The van der Waals surface area contributed by atoms with Gasteiger partial charge >= 0.3 is 0 Å². The van der Waals surface area contributed by atoms with Crippen molar-refractivity contribution in [3.8, 4) is 6.07 Å². The van der Waals surface area contributed by atoms with Crippen molar-refractivity contribution in [3.05, 3.63) is 11.9 Å². The van der Waals surface area contributed by atoms with Gasteiger partial charge in [-0.05, 0) is 16.5 Å². The molecular weight excluding hydrogens is 118 g/mol. The van der Waals surface area contributed by atoms with Crippen molar-refractivity contribution in [1.29, 1.82) is 5.26 Å². The van der Waals surface area contributed by atoms with Crippen LogP contribution in [0.15, 0.2) is 6.08 Å². The van der Waals surface area contributed by atoms with Gasteiger partial charge in [-0.25, -0.2) is 5.10 Å². The van der Waals surface area contributed by atoms with Crippen LogP contribution in [0.3, 0.4) is 0 Å². The fourth-order valence-corrected chi connectivity index (χ4v) is 0.353. The number of aromatic amines is 1. The Hall–Kier alpha value is -1.70. The quantitative estimate of drug-likeness (QED) is 0.519.